The molecule has 4 nitrogen and oxygen atoms in total. The lowest BCUT2D eigenvalue weighted by atomic mass is 9.97. The lowest BCUT2D eigenvalue weighted by molar-refractivity contribution is -0.138. The minimum Gasteiger partial charge on any atom is -0.481 e. The highest BCUT2D eigenvalue weighted by Gasteiger charge is 2.23. The highest BCUT2D eigenvalue weighted by atomic mass is 19.1. The van der Waals surface area contributed by atoms with Gasteiger partial charge in [-0.25, -0.2) is 4.39 Å². The van der Waals surface area contributed by atoms with Gasteiger partial charge in [0.1, 0.15) is 5.82 Å². The van der Waals surface area contributed by atoms with Gasteiger partial charge in [0.2, 0.25) is 0 Å². The third-order valence-electron chi connectivity index (χ3n) is 2.94. The average Bonchev–Trinajstić information content (AvgIpc) is 2.65. The molecule has 0 fully saturated rings. The largest absolute Gasteiger partial charge is 0.481 e. The molecule has 17 heavy (non-hydrogen) atoms. The zero-order valence-corrected chi connectivity index (χ0v) is 9.35. The van der Waals surface area contributed by atoms with Crippen molar-refractivity contribution in [3.05, 3.63) is 35.8 Å². The number of hydrogen-bond acceptors (Lipinski definition) is 2. The van der Waals surface area contributed by atoms with Gasteiger partial charge in [-0.15, -0.1) is 0 Å². The first-order chi connectivity index (χ1) is 8.06. The second-order valence-electron chi connectivity index (χ2n) is 3.95. The molecule has 0 spiro atoms. The van der Waals surface area contributed by atoms with Gasteiger partial charge in [-0.2, -0.15) is 0 Å². The molecule has 3 N–H and O–H groups in total. The molecule has 1 aromatic heterocycles. The smallest absolute Gasteiger partial charge is 0.312 e. The van der Waals surface area contributed by atoms with Crippen molar-refractivity contribution in [2.75, 3.05) is 6.54 Å². The Morgan fingerprint density at radius 3 is 2.82 bits per heavy atom. The van der Waals surface area contributed by atoms with E-state index in [9.17, 15) is 9.18 Å². The van der Waals surface area contributed by atoms with Crippen molar-refractivity contribution in [1.29, 1.82) is 0 Å². The molecule has 0 bridgehead atoms. The summed E-state index contributed by atoms with van der Waals surface area (Å²) in [4.78, 5) is 11.0. The predicted octanol–water partition coefficient (Wildman–Crippen LogP) is 1.44. The molecule has 0 saturated heterocycles. The number of aryl methyl sites for hydroxylation is 1. The van der Waals surface area contributed by atoms with Crippen LogP contribution in [-0.4, -0.2) is 22.2 Å². The van der Waals surface area contributed by atoms with Crippen molar-refractivity contribution in [2.24, 2.45) is 12.8 Å². The Morgan fingerprint density at radius 2 is 2.24 bits per heavy atom. The Morgan fingerprint density at radius 1 is 1.53 bits per heavy atom. The van der Waals surface area contributed by atoms with Crippen LogP contribution in [0.1, 0.15) is 11.5 Å². The fourth-order valence-electron chi connectivity index (χ4n) is 1.96. The monoisotopic (exact) mass is 236 g/mol. The number of aliphatic carboxylic acids is 1. The van der Waals surface area contributed by atoms with Crippen LogP contribution >= 0.6 is 0 Å². The molecule has 0 amide bonds. The minimum atomic E-state index is -1.11. The fourth-order valence-corrected chi connectivity index (χ4v) is 1.96. The lowest BCUT2D eigenvalue weighted by Gasteiger charge is -2.11. The number of nitrogens with zero attached hydrogens (tertiary/aromatic N) is 1. The highest BCUT2D eigenvalue weighted by molar-refractivity contribution is 5.84. The van der Waals surface area contributed by atoms with E-state index in [1.165, 1.54) is 6.07 Å². The Balaban J connectivity index is 2.63. The first-order valence-corrected chi connectivity index (χ1v) is 5.22. The molecule has 0 radical (unpaired) electrons. The number of carboxylic acids is 1. The number of halogens is 1. The van der Waals surface area contributed by atoms with E-state index < -0.39 is 17.7 Å². The van der Waals surface area contributed by atoms with Crippen LogP contribution in [0.2, 0.25) is 0 Å². The highest BCUT2D eigenvalue weighted by Crippen LogP contribution is 2.26. The molecule has 90 valence electrons. The number of benzene rings is 1. The fraction of sp³-hybridized carbons (Fsp3) is 0.250. The zero-order chi connectivity index (χ0) is 12.6. The Hall–Kier alpha value is -1.88. The zero-order valence-electron chi connectivity index (χ0n) is 9.35. The summed E-state index contributed by atoms with van der Waals surface area (Å²) in [7, 11) is 1.80. The summed E-state index contributed by atoms with van der Waals surface area (Å²) in [6.45, 7) is -0.120. The second-order valence-corrected chi connectivity index (χ2v) is 3.95. The summed E-state index contributed by atoms with van der Waals surface area (Å²) in [5.41, 5.74) is 6.24. The number of aromatic nitrogens is 1. The van der Waals surface area contributed by atoms with Crippen LogP contribution in [0.4, 0.5) is 4.39 Å². The van der Waals surface area contributed by atoms with Crippen LogP contribution < -0.4 is 5.73 Å². The van der Waals surface area contributed by atoms with Crippen LogP contribution in [0.15, 0.2) is 24.4 Å². The SMILES string of the molecule is Cn1ccc2c(F)c(C(CN)C(=O)O)ccc21. The van der Waals surface area contributed by atoms with Crippen LogP contribution in [0.3, 0.4) is 0 Å². The summed E-state index contributed by atoms with van der Waals surface area (Å²) in [6.07, 6.45) is 1.73. The molecule has 2 aromatic rings. The maximum Gasteiger partial charge on any atom is 0.312 e. The van der Waals surface area contributed by atoms with Crippen molar-refractivity contribution < 1.29 is 14.3 Å². The van der Waals surface area contributed by atoms with Crippen molar-refractivity contribution in [3.8, 4) is 0 Å². The Bertz CT molecular complexity index is 577. The molecule has 0 saturated carbocycles. The summed E-state index contributed by atoms with van der Waals surface area (Å²) in [6, 6.07) is 4.83. The number of carbonyl (C=O) groups is 1. The normalized spacial score (nSPS) is 12.9. The van der Waals surface area contributed by atoms with Gasteiger partial charge in [0.05, 0.1) is 11.4 Å². The molecular weight excluding hydrogens is 223 g/mol. The van der Waals surface area contributed by atoms with E-state index in [2.05, 4.69) is 0 Å². The topological polar surface area (TPSA) is 68.2 Å². The maximum absolute atomic E-state index is 14.1. The predicted molar refractivity (Wildman–Crippen MR) is 62.3 cm³/mol. The Labute approximate surface area is 97.5 Å². The number of hydrogen-bond donors (Lipinski definition) is 2. The van der Waals surface area contributed by atoms with Crippen LogP contribution in [0, 0.1) is 5.82 Å². The van der Waals surface area contributed by atoms with E-state index in [1.54, 1.807) is 29.9 Å². The summed E-state index contributed by atoms with van der Waals surface area (Å²) in [5, 5.41) is 9.40. The van der Waals surface area contributed by atoms with Gasteiger partial charge in [0.25, 0.3) is 0 Å². The van der Waals surface area contributed by atoms with Crippen LogP contribution in [0.5, 0.6) is 0 Å². The standard InChI is InChI=1S/C12H13FN2O2/c1-15-5-4-8-10(15)3-2-7(11(8)13)9(6-14)12(16)17/h2-5,9H,6,14H2,1H3,(H,16,17). The molecule has 0 aliphatic rings. The van der Waals surface area contributed by atoms with E-state index >= 15 is 0 Å². The third kappa shape index (κ3) is 1.78. The maximum atomic E-state index is 14.1. The van der Waals surface area contributed by atoms with Gasteiger partial charge < -0.3 is 15.4 Å². The van der Waals surface area contributed by atoms with Crippen molar-refractivity contribution in [2.45, 2.75) is 5.92 Å². The quantitative estimate of drug-likeness (QED) is 0.847. The van der Waals surface area contributed by atoms with Crippen LogP contribution in [-0.2, 0) is 11.8 Å². The lowest BCUT2D eigenvalue weighted by Crippen LogP contribution is -2.22. The number of rotatable bonds is 3. The van der Waals surface area contributed by atoms with E-state index in [0.717, 1.165) is 5.52 Å². The molecule has 1 aromatic carbocycles. The molecule has 1 unspecified atom stereocenters. The van der Waals surface area contributed by atoms with Crippen LogP contribution in [0.25, 0.3) is 10.9 Å². The molecule has 1 atom stereocenters. The van der Waals surface area contributed by atoms with Gasteiger partial charge in [-0.3, -0.25) is 4.79 Å². The molecule has 1 heterocycles. The molecular formula is C12H13FN2O2. The van der Waals surface area contributed by atoms with Crippen molar-refractivity contribution in [3.63, 3.8) is 0 Å². The summed E-state index contributed by atoms with van der Waals surface area (Å²) in [5.74, 6) is -2.61. The molecule has 2 rings (SSSR count). The van der Waals surface area contributed by atoms with Gasteiger partial charge >= 0.3 is 5.97 Å². The van der Waals surface area contributed by atoms with E-state index in [4.69, 9.17) is 10.8 Å². The average molecular weight is 236 g/mol. The van der Waals surface area contributed by atoms with Crippen molar-refractivity contribution in [1.82, 2.24) is 4.57 Å². The van der Waals surface area contributed by atoms with E-state index in [0.29, 0.717) is 5.39 Å². The van der Waals surface area contributed by atoms with Crippen molar-refractivity contribution >= 4 is 16.9 Å². The van der Waals surface area contributed by atoms with Gasteiger partial charge in [-0.05, 0) is 12.1 Å². The summed E-state index contributed by atoms with van der Waals surface area (Å²) >= 11 is 0. The summed E-state index contributed by atoms with van der Waals surface area (Å²) < 4.78 is 15.9. The van der Waals surface area contributed by atoms with E-state index in [1.807, 2.05) is 0 Å². The van der Waals surface area contributed by atoms with Gasteiger partial charge in [-0.1, -0.05) is 6.07 Å². The molecule has 5 heteroatoms. The first-order valence-electron chi connectivity index (χ1n) is 5.22. The molecule has 0 aliphatic carbocycles. The van der Waals surface area contributed by atoms with Gasteiger partial charge in [0, 0.05) is 30.7 Å². The Kier molecular flexibility index (Phi) is 2.85. The third-order valence-corrected chi connectivity index (χ3v) is 2.94. The molecule has 0 aliphatic heterocycles. The number of fused-ring (bicyclic) bond motifs is 1. The second kappa shape index (κ2) is 4.18. The number of carboxylic acid groups (broad SMARTS) is 1. The van der Waals surface area contributed by atoms with E-state index in [-0.39, 0.29) is 12.1 Å². The first kappa shape index (κ1) is 11.6. The number of nitrogens with two attached hydrogens (primary N) is 1. The minimum absolute atomic E-state index is 0.120. The van der Waals surface area contributed by atoms with Gasteiger partial charge in [0.15, 0.2) is 0 Å².